The Balaban J connectivity index is 2.58. The Kier molecular flexibility index (Phi) is 5.29. The zero-order chi connectivity index (χ0) is 12.8. The Morgan fingerprint density at radius 1 is 1.24 bits per heavy atom. The van der Waals surface area contributed by atoms with Crippen LogP contribution in [0.15, 0.2) is 18.2 Å². The molecule has 0 aliphatic carbocycles. The summed E-state index contributed by atoms with van der Waals surface area (Å²) in [6, 6.07) is 5.61. The van der Waals surface area contributed by atoms with Crippen molar-refractivity contribution in [3.8, 4) is 5.75 Å². The molecule has 3 nitrogen and oxygen atoms in total. The molecule has 0 aliphatic rings. The van der Waals surface area contributed by atoms with E-state index in [2.05, 4.69) is 20.8 Å². The first-order valence-electron chi connectivity index (χ1n) is 6.07. The second-order valence-corrected chi connectivity index (χ2v) is 4.82. The number of methoxy groups -OCH3 is 1. The van der Waals surface area contributed by atoms with Crippen LogP contribution in [0.1, 0.15) is 32.8 Å². The first kappa shape index (κ1) is 13.8. The summed E-state index contributed by atoms with van der Waals surface area (Å²) in [6.45, 7) is 7.03. The van der Waals surface area contributed by atoms with Crippen molar-refractivity contribution < 1.29 is 9.47 Å². The van der Waals surface area contributed by atoms with Crippen molar-refractivity contribution in [2.45, 2.75) is 39.9 Å². The fourth-order valence-corrected chi connectivity index (χ4v) is 1.88. The molecule has 0 bridgehead atoms. The molecule has 0 heterocycles. The number of hydrogen-bond donors (Lipinski definition) is 1. The molecule has 0 amide bonds. The monoisotopic (exact) mass is 237 g/mol. The molecule has 0 saturated heterocycles. The zero-order valence-electron chi connectivity index (χ0n) is 11.2. The highest BCUT2D eigenvalue weighted by atomic mass is 16.5. The summed E-state index contributed by atoms with van der Waals surface area (Å²) in [4.78, 5) is 0. The van der Waals surface area contributed by atoms with Gasteiger partial charge in [0.15, 0.2) is 0 Å². The minimum Gasteiger partial charge on any atom is -0.496 e. The molecule has 1 atom stereocenters. The molecule has 0 fully saturated rings. The summed E-state index contributed by atoms with van der Waals surface area (Å²) < 4.78 is 11.1. The maximum absolute atomic E-state index is 5.80. The van der Waals surface area contributed by atoms with Crippen LogP contribution in [0.25, 0.3) is 0 Å². The average Bonchev–Trinajstić information content (AvgIpc) is 2.25. The van der Waals surface area contributed by atoms with Crippen LogP contribution in [0.2, 0.25) is 0 Å². The summed E-state index contributed by atoms with van der Waals surface area (Å²) in [5.41, 5.74) is 7.50. The largest absolute Gasteiger partial charge is 0.496 e. The van der Waals surface area contributed by atoms with Crippen molar-refractivity contribution >= 4 is 5.69 Å². The first-order chi connectivity index (χ1) is 8.02. The molecular weight excluding hydrogens is 214 g/mol. The topological polar surface area (TPSA) is 44.5 Å². The van der Waals surface area contributed by atoms with Gasteiger partial charge >= 0.3 is 0 Å². The summed E-state index contributed by atoms with van der Waals surface area (Å²) >= 11 is 0. The van der Waals surface area contributed by atoms with Gasteiger partial charge in [0.2, 0.25) is 0 Å². The number of anilines is 1. The van der Waals surface area contributed by atoms with E-state index in [0.29, 0.717) is 12.5 Å². The van der Waals surface area contributed by atoms with E-state index in [9.17, 15) is 0 Å². The minimum absolute atomic E-state index is 0.251. The summed E-state index contributed by atoms with van der Waals surface area (Å²) in [7, 11) is 1.66. The fourth-order valence-electron chi connectivity index (χ4n) is 1.88. The number of ether oxygens (including phenoxy) is 2. The minimum atomic E-state index is 0.251. The van der Waals surface area contributed by atoms with E-state index in [0.717, 1.165) is 23.4 Å². The molecule has 0 radical (unpaired) electrons. The molecule has 17 heavy (non-hydrogen) atoms. The quantitative estimate of drug-likeness (QED) is 0.772. The van der Waals surface area contributed by atoms with E-state index in [4.69, 9.17) is 15.2 Å². The Morgan fingerprint density at radius 2 is 1.94 bits per heavy atom. The van der Waals surface area contributed by atoms with Crippen LogP contribution in [0, 0.1) is 5.92 Å². The normalized spacial score (nSPS) is 12.8. The van der Waals surface area contributed by atoms with E-state index in [1.807, 2.05) is 18.2 Å². The van der Waals surface area contributed by atoms with Crippen molar-refractivity contribution in [1.29, 1.82) is 0 Å². The number of nitrogen functional groups attached to an aromatic ring is 1. The zero-order valence-corrected chi connectivity index (χ0v) is 11.2. The average molecular weight is 237 g/mol. The van der Waals surface area contributed by atoms with Crippen LogP contribution in [-0.4, -0.2) is 13.2 Å². The second-order valence-electron chi connectivity index (χ2n) is 4.82. The Morgan fingerprint density at radius 3 is 2.53 bits per heavy atom. The van der Waals surface area contributed by atoms with E-state index in [-0.39, 0.29) is 6.10 Å². The Labute approximate surface area is 104 Å². The van der Waals surface area contributed by atoms with Gasteiger partial charge in [-0.25, -0.2) is 0 Å². The van der Waals surface area contributed by atoms with E-state index in [1.165, 1.54) is 0 Å². The molecule has 1 rings (SSSR count). The SMILES string of the molecule is COc1ccc(N)cc1COC(C)CC(C)C. The predicted octanol–water partition coefficient (Wildman–Crippen LogP) is 3.23. The predicted molar refractivity (Wildman–Crippen MR) is 71.1 cm³/mol. The lowest BCUT2D eigenvalue weighted by molar-refractivity contribution is 0.0387. The highest BCUT2D eigenvalue weighted by molar-refractivity contribution is 5.47. The first-order valence-corrected chi connectivity index (χ1v) is 6.07. The number of nitrogens with two attached hydrogens (primary N) is 1. The van der Waals surface area contributed by atoms with Gasteiger partial charge < -0.3 is 15.2 Å². The van der Waals surface area contributed by atoms with E-state index in [1.54, 1.807) is 7.11 Å². The van der Waals surface area contributed by atoms with Crippen molar-refractivity contribution in [2.75, 3.05) is 12.8 Å². The number of rotatable bonds is 6. The molecule has 96 valence electrons. The van der Waals surface area contributed by atoms with Crippen LogP contribution in [0.5, 0.6) is 5.75 Å². The third-order valence-corrected chi connectivity index (χ3v) is 2.63. The third kappa shape index (κ3) is 4.65. The maximum atomic E-state index is 5.80. The number of benzene rings is 1. The van der Waals surface area contributed by atoms with Gasteiger partial charge in [-0.15, -0.1) is 0 Å². The lowest BCUT2D eigenvalue weighted by Gasteiger charge is -2.16. The van der Waals surface area contributed by atoms with Crippen LogP contribution in [-0.2, 0) is 11.3 Å². The van der Waals surface area contributed by atoms with Crippen molar-refractivity contribution in [2.24, 2.45) is 5.92 Å². The smallest absolute Gasteiger partial charge is 0.124 e. The standard InChI is InChI=1S/C14H23NO2/c1-10(2)7-11(3)17-9-12-8-13(15)5-6-14(12)16-4/h5-6,8,10-11H,7,9,15H2,1-4H3. The van der Waals surface area contributed by atoms with Gasteiger partial charge in [0.25, 0.3) is 0 Å². The van der Waals surface area contributed by atoms with Gasteiger partial charge in [-0.2, -0.15) is 0 Å². The highest BCUT2D eigenvalue weighted by Crippen LogP contribution is 2.22. The summed E-state index contributed by atoms with van der Waals surface area (Å²) in [6.07, 6.45) is 1.31. The molecule has 3 heteroatoms. The van der Waals surface area contributed by atoms with Gasteiger partial charge in [0.05, 0.1) is 19.8 Å². The van der Waals surface area contributed by atoms with Crippen molar-refractivity contribution in [1.82, 2.24) is 0 Å². The van der Waals surface area contributed by atoms with Crippen LogP contribution in [0.4, 0.5) is 5.69 Å². The molecule has 0 aliphatic heterocycles. The van der Waals surface area contributed by atoms with Crippen molar-refractivity contribution in [3.05, 3.63) is 23.8 Å². The lowest BCUT2D eigenvalue weighted by atomic mass is 10.1. The molecule has 0 spiro atoms. The van der Waals surface area contributed by atoms with Crippen LogP contribution in [0.3, 0.4) is 0 Å². The third-order valence-electron chi connectivity index (χ3n) is 2.63. The summed E-state index contributed by atoms with van der Waals surface area (Å²) in [5.74, 6) is 1.48. The summed E-state index contributed by atoms with van der Waals surface area (Å²) in [5, 5.41) is 0. The fraction of sp³-hybridized carbons (Fsp3) is 0.571. The lowest BCUT2D eigenvalue weighted by Crippen LogP contribution is -2.11. The molecule has 1 aromatic carbocycles. The van der Waals surface area contributed by atoms with Gasteiger partial charge in [-0.3, -0.25) is 0 Å². The Bertz CT molecular complexity index is 350. The van der Waals surface area contributed by atoms with Gasteiger partial charge in [-0.1, -0.05) is 13.8 Å². The molecule has 2 N–H and O–H groups in total. The highest BCUT2D eigenvalue weighted by Gasteiger charge is 2.08. The number of hydrogen-bond acceptors (Lipinski definition) is 3. The maximum Gasteiger partial charge on any atom is 0.124 e. The van der Waals surface area contributed by atoms with Gasteiger partial charge in [0.1, 0.15) is 5.75 Å². The van der Waals surface area contributed by atoms with Crippen molar-refractivity contribution in [3.63, 3.8) is 0 Å². The van der Waals surface area contributed by atoms with E-state index < -0.39 is 0 Å². The van der Waals surface area contributed by atoms with E-state index >= 15 is 0 Å². The molecule has 1 aromatic rings. The molecule has 0 aromatic heterocycles. The van der Waals surface area contributed by atoms with Crippen LogP contribution >= 0.6 is 0 Å². The van der Waals surface area contributed by atoms with Crippen LogP contribution < -0.4 is 10.5 Å². The molecular formula is C14H23NO2. The second kappa shape index (κ2) is 6.50. The van der Waals surface area contributed by atoms with Gasteiger partial charge in [-0.05, 0) is 37.5 Å². The Hall–Kier alpha value is -1.22. The molecule has 0 saturated carbocycles. The molecule has 1 unspecified atom stereocenters. The van der Waals surface area contributed by atoms with Gasteiger partial charge in [0, 0.05) is 11.3 Å².